The van der Waals surface area contributed by atoms with E-state index in [1.54, 1.807) is 36.3 Å². The summed E-state index contributed by atoms with van der Waals surface area (Å²) in [6, 6.07) is 20.6. The summed E-state index contributed by atoms with van der Waals surface area (Å²) >= 11 is 0. The molecule has 216 valence electrons. The number of hydrogen-bond acceptors (Lipinski definition) is 5. The normalized spacial score (nSPS) is 18.0. The Labute approximate surface area is 244 Å². The van der Waals surface area contributed by atoms with Crippen molar-refractivity contribution in [2.45, 2.75) is 44.9 Å². The van der Waals surface area contributed by atoms with Gasteiger partial charge in [0.25, 0.3) is 11.8 Å². The minimum atomic E-state index is -0.670. The first kappa shape index (κ1) is 27.5. The van der Waals surface area contributed by atoms with E-state index >= 15 is 0 Å². The van der Waals surface area contributed by atoms with Crippen LogP contribution in [0.15, 0.2) is 72.8 Å². The summed E-state index contributed by atoms with van der Waals surface area (Å²) < 4.78 is 11.0. The molecule has 3 heterocycles. The standard InChI is InChI=1S/C33H34N4O5/c1-20(2)42-17-7-16-34-31(38)21-12-14-23(15-13-21)36-32(39)28-19-26-25-10-4-5-11-27(25)35-29(26)30(37(28)33(36)40)22-8-6-9-24(18-22)41-3/h4-6,8-15,18,20,28,30,35H,7,16-17,19H2,1-3H3,(H,34,38)/t28-,30+/m0/s1. The van der Waals surface area contributed by atoms with Crippen molar-refractivity contribution in [2.75, 3.05) is 25.2 Å². The molecule has 42 heavy (non-hydrogen) atoms. The highest BCUT2D eigenvalue weighted by atomic mass is 16.5. The number of hydrogen-bond donors (Lipinski definition) is 2. The lowest BCUT2D eigenvalue weighted by atomic mass is 9.89. The molecule has 0 saturated carbocycles. The number of nitrogens with one attached hydrogen (secondary N) is 2. The number of anilines is 1. The molecule has 2 N–H and O–H groups in total. The number of para-hydroxylation sites is 1. The average molecular weight is 567 g/mol. The molecule has 0 bridgehead atoms. The van der Waals surface area contributed by atoms with Crippen LogP contribution in [0.25, 0.3) is 10.9 Å². The second-order valence-electron chi connectivity index (χ2n) is 10.9. The number of rotatable bonds is 9. The van der Waals surface area contributed by atoms with Crippen LogP contribution in [-0.4, -0.2) is 60.1 Å². The fourth-order valence-corrected chi connectivity index (χ4v) is 5.93. The lowest BCUT2D eigenvalue weighted by molar-refractivity contribution is -0.120. The molecule has 0 aliphatic carbocycles. The Balaban J connectivity index is 1.29. The maximum absolute atomic E-state index is 14.1. The van der Waals surface area contributed by atoms with E-state index in [-0.39, 0.29) is 17.9 Å². The van der Waals surface area contributed by atoms with Gasteiger partial charge in [-0.25, -0.2) is 9.69 Å². The monoisotopic (exact) mass is 566 g/mol. The van der Waals surface area contributed by atoms with Crippen LogP contribution in [-0.2, 0) is 16.0 Å². The SMILES string of the molecule is COc1cccc([C@@H]2c3[nH]c4ccccc4c3C[C@H]3C(=O)N(c4ccc(C(=O)NCCCOC(C)C)cc4)C(=O)N23)c1. The van der Waals surface area contributed by atoms with Gasteiger partial charge in [0, 0.05) is 41.7 Å². The van der Waals surface area contributed by atoms with Crippen molar-refractivity contribution in [3.05, 3.63) is 95.2 Å². The van der Waals surface area contributed by atoms with Gasteiger partial charge in [-0.2, -0.15) is 0 Å². The number of imide groups is 1. The Hall–Kier alpha value is -4.63. The number of carbonyl (C=O) groups is 3. The third-order valence-electron chi connectivity index (χ3n) is 7.90. The van der Waals surface area contributed by atoms with Crippen molar-refractivity contribution >= 4 is 34.4 Å². The van der Waals surface area contributed by atoms with Crippen LogP contribution >= 0.6 is 0 Å². The fourth-order valence-electron chi connectivity index (χ4n) is 5.93. The van der Waals surface area contributed by atoms with Crippen LogP contribution in [0, 0.1) is 0 Å². The van der Waals surface area contributed by atoms with Crippen LogP contribution in [0.4, 0.5) is 10.5 Å². The molecule has 4 amide bonds. The first-order chi connectivity index (χ1) is 20.4. The zero-order chi connectivity index (χ0) is 29.4. The third-order valence-corrected chi connectivity index (χ3v) is 7.90. The molecule has 0 spiro atoms. The van der Waals surface area contributed by atoms with Crippen molar-refractivity contribution in [3.8, 4) is 5.75 Å². The van der Waals surface area contributed by atoms with Crippen LogP contribution in [0.2, 0.25) is 0 Å². The molecule has 6 rings (SSSR count). The van der Waals surface area contributed by atoms with Gasteiger partial charge >= 0.3 is 6.03 Å². The van der Waals surface area contributed by atoms with Crippen molar-refractivity contribution in [1.82, 2.24) is 15.2 Å². The molecule has 9 heteroatoms. The minimum Gasteiger partial charge on any atom is -0.497 e. The van der Waals surface area contributed by atoms with E-state index in [1.807, 2.05) is 62.4 Å². The largest absolute Gasteiger partial charge is 0.497 e. The van der Waals surface area contributed by atoms with Crippen LogP contribution in [0.5, 0.6) is 5.75 Å². The molecule has 3 aromatic carbocycles. The number of methoxy groups -OCH3 is 1. The van der Waals surface area contributed by atoms with Gasteiger partial charge in [-0.05, 0) is 73.9 Å². The molecule has 2 atom stereocenters. The summed E-state index contributed by atoms with van der Waals surface area (Å²) in [5.41, 5.74) is 4.63. The van der Waals surface area contributed by atoms with Gasteiger partial charge in [0.2, 0.25) is 0 Å². The molecule has 0 unspecified atom stereocenters. The van der Waals surface area contributed by atoms with Gasteiger partial charge in [-0.1, -0.05) is 30.3 Å². The van der Waals surface area contributed by atoms with Crippen molar-refractivity contribution in [3.63, 3.8) is 0 Å². The van der Waals surface area contributed by atoms with Gasteiger partial charge in [0.15, 0.2) is 0 Å². The summed E-state index contributed by atoms with van der Waals surface area (Å²) in [7, 11) is 1.61. The van der Waals surface area contributed by atoms with Crippen molar-refractivity contribution in [2.24, 2.45) is 0 Å². The molecule has 0 radical (unpaired) electrons. The molecule has 1 aromatic heterocycles. The second-order valence-corrected chi connectivity index (χ2v) is 10.9. The van der Waals surface area contributed by atoms with E-state index in [9.17, 15) is 14.4 Å². The number of aromatic amines is 1. The molecular formula is C33H34N4O5. The number of nitrogens with zero attached hydrogens (tertiary/aromatic N) is 2. The number of carbonyl (C=O) groups excluding carboxylic acids is 3. The van der Waals surface area contributed by atoms with Gasteiger partial charge in [0.05, 0.1) is 18.9 Å². The number of urea groups is 1. The first-order valence-electron chi connectivity index (χ1n) is 14.3. The third kappa shape index (κ3) is 4.90. The van der Waals surface area contributed by atoms with Crippen LogP contribution in [0.3, 0.4) is 0 Å². The molecule has 1 fully saturated rings. The summed E-state index contributed by atoms with van der Waals surface area (Å²) in [5.74, 6) is 0.167. The van der Waals surface area contributed by atoms with Crippen molar-refractivity contribution in [1.29, 1.82) is 0 Å². The number of amides is 4. The molecule has 2 aliphatic rings. The predicted octanol–water partition coefficient (Wildman–Crippen LogP) is 5.20. The van der Waals surface area contributed by atoms with Gasteiger partial charge in [0.1, 0.15) is 17.8 Å². The second kappa shape index (κ2) is 11.3. The van der Waals surface area contributed by atoms with Gasteiger partial charge in [-0.15, -0.1) is 0 Å². The van der Waals surface area contributed by atoms with E-state index in [0.29, 0.717) is 43.0 Å². The number of benzene rings is 3. The van der Waals surface area contributed by atoms with Gasteiger partial charge in [-0.3, -0.25) is 14.5 Å². The molecule has 9 nitrogen and oxygen atoms in total. The number of ether oxygens (including phenoxy) is 2. The Morgan fingerprint density at radius 1 is 1.05 bits per heavy atom. The molecular weight excluding hydrogens is 532 g/mol. The topological polar surface area (TPSA) is 104 Å². The highest BCUT2D eigenvalue weighted by Gasteiger charge is 2.53. The number of fused-ring (bicyclic) bond motifs is 4. The van der Waals surface area contributed by atoms with Gasteiger partial charge < -0.3 is 19.8 Å². The minimum absolute atomic E-state index is 0.152. The van der Waals surface area contributed by atoms with Crippen LogP contribution < -0.4 is 15.0 Å². The molecule has 1 saturated heterocycles. The quantitative estimate of drug-likeness (QED) is 0.214. The fraction of sp³-hybridized carbons (Fsp3) is 0.303. The molecule has 2 aliphatic heterocycles. The average Bonchev–Trinajstić information content (AvgIpc) is 3.49. The smallest absolute Gasteiger partial charge is 0.332 e. The lowest BCUT2D eigenvalue weighted by Gasteiger charge is -2.36. The summed E-state index contributed by atoms with van der Waals surface area (Å²) in [4.78, 5) is 47.1. The van der Waals surface area contributed by atoms with E-state index in [0.717, 1.165) is 27.7 Å². The molecule has 4 aromatic rings. The Morgan fingerprint density at radius 3 is 2.60 bits per heavy atom. The van der Waals surface area contributed by atoms with E-state index in [2.05, 4.69) is 10.3 Å². The summed E-state index contributed by atoms with van der Waals surface area (Å²) in [5, 5.41) is 3.93. The zero-order valence-corrected chi connectivity index (χ0v) is 23.9. The van der Waals surface area contributed by atoms with Crippen molar-refractivity contribution < 1.29 is 23.9 Å². The number of H-pyrrole nitrogens is 1. The summed E-state index contributed by atoms with van der Waals surface area (Å²) in [6.07, 6.45) is 1.27. The van der Waals surface area contributed by atoms with E-state index in [4.69, 9.17) is 9.47 Å². The van der Waals surface area contributed by atoms with E-state index < -0.39 is 18.1 Å². The Morgan fingerprint density at radius 2 is 1.83 bits per heavy atom. The van der Waals surface area contributed by atoms with E-state index in [1.165, 1.54) is 4.90 Å². The maximum atomic E-state index is 14.1. The number of aromatic nitrogens is 1. The highest BCUT2D eigenvalue weighted by Crippen LogP contribution is 2.45. The lowest BCUT2D eigenvalue weighted by Crippen LogP contribution is -2.44. The zero-order valence-electron chi connectivity index (χ0n) is 23.9. The Bertz CT molecular complexity index is 1640. The Kier molecular flexibility index (Phi) is 7.43. The predicted molar refractivity (Wildman–Crippen MR) is 160 cm³/mol. The van der Waals surface area contributed by atoms with Crippen LogP contribution in [0.1, 0.15) is 53.5 Å². The maximum Gasteiger partial charge on any atom is 0.332 e. The highest BCUT2D eigenvalue weighted by molar-refractivity contribution is 6.22. The summed E-state index contributed by atoms with van der Waals surface area (Å²) in [6.45, 7) is 5.01. The first-order valence-corrected chi connectivity index (χ1v) is 14.3.